The molecule has 2 N–H and O–H groups in total. The molecule has 0 atom stereocenters. The van der Waals surface area contributed by atoms with Crippen LogP contribution in [0.4, 0.5) is 0 Å². The third kappa shape index (κ3) is 4.36. The molecule has 0 aromatic heterocycles. The van der Waals surface area contributed by atoms with Crippen LogP contribution in [-0.4, -0.2) is 31.2 Å². The Bertz CT molecular complexity index is 748. The highest BCUT2D eigenvalue weighted by Crippen LogP contribution is 2.15. The third-order valence-corrected chi connectivity index (χ3v) is 3.26. The second kappa shape index (κ2) is 7.82. The van der Waals surface area contributed by atoms with Crippen molar-refractivity contribution in [3.8, 4) is 11.5 Å². The summed E-state index contributed by atoms with van der Waals surface area (Å²) in [5.74, 6) is -0.474. The summed E-state index contributed by atoms with van der Waals surface area (Å²) < 4.78 is 10.1. The largest absolute Gasteiger partial charge is 0.497 e. The molecule has 6 heteroatoms. The van der Waals surface area contributed by atoms with Gasteiger partial charge in [0.1, 0.15) is 17.2 Å². The molecule has 0 saturated carbocycles. The number of hydrogen-bond donors (Lipinski definition) is 2. The van der Waals surface area contributed by atoms with Gasteiger partial charge in [-0.25, -0.2) is 4.79 Å². The van der Waals surface area contributed by atoms with E-state index in [0.717, 1.165) is 0 Å². The molecule has 0 radical (unpaired) electrons. The van der Waals surface area contributed by atoms with Crippen LogP contribution in [0.25, 0.3) is 6.08 Å². The predicted molar refractivity (Wildman–Crippen MR) is 89.1 cm³/mol. The molecule has 124 valence electrons. The normalized spacial score (nSPS) is 10.8. The van der Waals surface area contributed by atoms with Crippen molar-refractivity contribution in [2.75, 3.05) is 14.2 Å². The van der Waals surface area contributed by atoms with Crippen LogP contribution < -0.4 is 14.8 Å². The van der Waals surface area contributed by atoms with Gasteiger partial charge in [-0.1, -0.05) is 12.1 Å². The molecule has 2 rings (SSSR count). The fourth-order valence-electron chi connectivity index (χ4n) is 1.95. The summed E-state index contributed by atoms with van der Waals surface area (Å²) in [5, 5.41) is 11.7. The number of methoxy groups -OCH3 is 2. The lowest BCUT2D eigenvalue weighted by molar-refractivity contribution is -0.132. The Balaban J connectivity index is 2.18. The van der Waals surface area contributed by atoms with Gasteiger partial charge in [0.25, 0.3) is 5.91 Å². The van der Waals surface area contributed by atoms with E-state index in [4.69, 9.17) is 9.47 Å². The van der Waals surface area contributed by atoms with Crippen LogP contribution in [0.2, 0.25) is 0 Å². The van der Waals surface area contributed by atoms with Gasteiger partial charge >= 0.3 is 5.97 Å². The maximum Gasteiger partial charge on any atom is 0.352 e. The number of carboxylic acid groups (broad SMARTS) is 1. The van der Waals surface area contributed by atoms with Crippen molar-refractivity contribution in [1.29, 1.82) is 0 Å². The standard InChI is InChI=1S/C18H17NO5/c1-23-14-7-3-12(4-8-14)11-16(18(21)22)19-17(20)13-5-9-15(24-2)10-6-13/h3-11H,1-2H3,(H,19,20)(H,21,22)/b16-11-. The number of amides is 1. The number of aliphatic carboxylic acids is 1. The molecule has 0 spiro atoms. The summed E-state index contributed by atoms with van der Waals surface area (Å²) in [5.41, 5.74) is 0.738. The van der Waals surface area contributed by atoms with Crippen LogP contribution in [0.3, 0.4) is 0 Å². The van der Waals surface area contributed by atoms with Crippen molar-refractivity contribution in [1.82, 2.24) is 5.32 Å². The van der Waals surface area contributed by atoms with E-state index >= 15 is 0 Å². The van der Waals surface area contributed by atoms with Gasteiger partial charge in [-0.15, -0.1) is 0 Å². The highest BCUT2D eigenvalue weighted by atomic mass is 16.5. The Hall–Kier alpha value is -3.28. The minimum absolute atomic E-state index is 0.221. The molecule has 0 fully saturated rings. The molecule has 1 amide bonds. The van der Waals surface area contributed by atoms with E-state index in [1.165, 1.54) is 13.2 Å². The smallest absolute Gasteiger partial charge is 0.352 e. The topological polar surface area (TPSA) is 84.9 Å². The van der Waals surface area contributed by atoms with Crippen molar-refractivity contribution in [3.63, 3.8) is 0 Å². The molecule has 24 heavy (non-hydrogen) atoms. The van der Waals surface area contributed by atoms with Gasteiger partial charge in [-0.2, -0.15) is 0 Å². The van der Waals surface area contributed by atoms with Crippen molar-refractivity contribution >= 4 is 18.0 Å². The maximum atomic E-state index is 12.2. The number of benzene rings is 2. The molecule has 0 saturated heterocycles. The number of carboxylic acids is 1. The summed E-state index contributed by atoms with van der Waals surface area (Å²) in [4.78, 5) is 23.5. The van der Waals surface area contributed by atoms with E-state index in [9.17, 15) is 14.7 Å². The molecule has 0 aliphatic carbocycles. The lowest BCUT2D eigenvalue weighted by atomic mass is 10.1. The molecule has 0 bridgehead atoms. The van der Waals surface area contributed by atoms with Crippen LogP contribution in [0.1, 0.15) is 15.9 Å². The van der Waals surface area contributed by atoms with Crippen LogP contribution in [-0.2, 0) is 4.79 Å². The van der Waals surface area contributed by atoms with Crippen LogP contribution >= 0.6 is 0 Å². The lowest BCUT2D eigenvalue weighted by Gasteiger charge is -2.07. The van der Waals surface area contributed by atoms with Gasteiger partial charge in [0.15, 0.2) is 0 Å². The molecule has 2 aromatic rings. The Morgan fingerprint density at radius 3 is 1.88 bits per heavy atom. The molecular formula is C18H17NO5. The molecule has 2 aromatic carbocycles. The average Bonchev–Trinajstić information content (AvgIpc) is 2.61. The molecule has 0 aliphatic rings. The van der Waals surface area contributed by atoms with Crippen molar-refractivity contribution in [3.05, 3.63) is 65.4 Å². The van der Waals surface area contributed by atoms with Gasteiger partial charge in [0, 0.05) is 5.56 Å². The SMILES string of the molecule is COc1ccc(/C=C(\NC(=O)c2ccc(OC)cc2)C(=O)O)cc1. The first kappa shape index (κ1) is 17.1. The minimum Gasteiger partial charge on any atom is -0.497 e. The number of carbonyl (C=O) groups excluding carboxylic acids is 1. The van der Waals surface area contributed by atoms with Gasteiger partial charge < -0.3 is 19.9 Å². The monoisotopic (exact) mass is 327 g/mol. The first-order valence-corrected chi connectivity index (χ1v) is 7.08. The molecule has 0 unspecified atom stereocenters. The predicted octanol–water partition coefficient (Wildman–Crippen LogP) is 2.56. The summed E-state index contributed by atoms with van der Waals surface area (Å²) in [7, 11) is 3.07. The summed E-state index contributed by atoms with van der Waals surface area (Å²) in [6, 6.07) is 13.2. The zero-order valence-corrected chi connectivity index (χ0v) is 13.3. The van der Waals surface area contributed by atoms with Crippen LogP contribution in [0.15, 0.2) is 54.2 Å². The zero-order chi connectivity index (χ0) is 17.5. The van der Waals surface area contributed by atoms with Crippen LogP contribution in [0.5, 0.6) is 11.5 Å². The first-order valence-electron chi connectivity index (χ1n) is 7.08. The summed E-state index contributed by atoms with van der Waals surface area (Å²) in [6.07, 6.45) is 1.38. The fourth-order valence-corrected chi connectivity index (χ4v) is 1.95. The summed E-state index contributed by atoms with van der Waals surface area (Å²) >= 11 is 0. The van der Waals surface area contributed by atoms with Crippen molar-refractivity contribution < 1.29 is 24.2 Å². The van der Waals surface area contributed by atoms with E-state index in [1.807, 2.05) is 0 Å². The fraction of sp³-hybridized carbons (Fsp3) is 0.111. The molecular weight excluding hydrogens is 310 g/mol. The van der Waals surface area contributed by atoms with Gasteiger partial charge in [-0.05, 0) is 48.0 Å². The third-order valence-electron chi connectivity index (χ3n) is 3.26. The first-order chi connectivity index (χ1) is 11.5. The summed E-state index contributed by atoms with van der Waals surface area (Å²) in [6.45, 7) is 0. The van der Waals surface area contributed by atoms with E-state index in [-0.39, 0.29) is 5.70 Å². The Labute approximate surface area is 139 Å². The highest BCUT2D eigenvalue weighted by molar-refractivity contribution is 6.02. The van der Waals surface area contributed by atoms with E-state index in [0.29, 0.717) is 22.6 Å². The van der Waals surface area contributed by atoms with E-state index in [2.05, 4.69) is 5.32 Å². The number of nitrogens with one attached hydrogen (secondary N) is 1. The van der Waals surface area contributed by atoms with Crippen LogP contribution in [0, 0.1) is 0 Å². The van der Waals surface area contributed by atoms with E-state index < -0.39 is 11.9 Å². The quantitative estimate of drug-likeness (QED) is 0.797. The minimum atomic E-state index is -1.23. The van der Waals surface area contributed by atoms with Gasteiger partial charge in [0.05, 0.1) is 14.2 Å². The Morgan fingerprint density at radius 2 is 1.42 bits per heavy atom. The number of ether oxygens (including phenoxy) is 2. The number of hydrogen-bond acceptors (Lipinski definition) is 4. The molecule has 6 nitrogen and oxygen atoms in total. The second-order valence-electron chi connectivity index (χ2n) is 4.82. The molecule has 0 heterocycles. The maximum absolute atomic E-state index is 12.2. The lowest BCUT2D eigenvalue weighted by Crippen LogP contribution is -2.27. The van der Waals surface area contributed by atoms with Crippen molar-refractivity contribution in [2.45, 2.75) is 0 Å². The highest BCUT2D eigenvalue weighted by Gasteiger charge is 2.13. The average molecular weight is 327 g/mol. The molecule has 0 aliphatic heterocycles. The van der Waals surface area contributed by atoms with Gasteiger partial charge in [-0.3, -0.25) is 4.79 Å². The van der Waals surface area contributed by atoms with E-state index in [1.54, 1.807) is 55.6 Å². The number of carbonyl (C=O) groups is 2. The second-order valence-corrected chi connectivity index (χ2v) is 4.82. The Morgan fingerprint density at radius 1 is 0.917 bits per heavy atom. The Kier molecular flexibility index (Phi) is 5.57. The zero-order valence-electron chi connectivity index (χ0n) is 13.3. The van der Waals surface area contributed by atoms with Gasteiger partial charge in [0.2, 0.25) is 0 Å². The van der Waals surface area contributed by atoms with Crippen molar-refractivity contribution in [2.24, 2.45) is 0 Å². The number of rotatable bonds is 6.